The number of fused-ring (bicyclic) bond motifs is 1. The van der Waals surface area contributed by atoms with Crippen LogP contribution in [0.25, 0.3) is 22.5 Å². The zero-order chi connectivity index (χ0) is 18.3. The summed E-state index contributed by atoms with van der Waals surface area (Å²) >= 11 is 0. The van der Waals surface area contributed by atoms with E-state index in [0.717, 1.165) is 11.1 Å². The number of aromatic nitrogens is 3. The third-order valence-electron chi connectivity index (χ3n) is 4.37. The molecule has 0 saturated heterocycles. The van der Waals surface area contributed by atoms with Gasteiger partial charge in [-0.05, 0) is 37.6 Å². The summed E-state index contributed by atoms with van der Waals surface area (Å²) in [6, 6.07) is 12.8. The van der Waals surface area contributed by atoms with Gasteiger partial charge in [-0.25, -0.2) is 18.4 Å². The van der Waals surface area contributed by atoms with E-state index in [9.17, 15) is 8.78 Å². The van der Waals surface area contributed by atoms with Gasteiger partial charge in [-0.1, -0.05) is 29.8 Å². The van der Waals surface area contributed by atoms with E-state index in [1.54, 1.807) is 23.7 Å². The fourth-order valence-electron chi connectivity index (χ4n) is 3.09. The van der Waals surface area contributed by atoms with Crippen molar-refractivity contribution in [2.45, 2.75) is 26.8 Å². The van der Waals surface area contributed by atoms with Crippen LogP contribution in [-0.2, 0) is 6.54 Å². The van der Waals surface area contributed by atoms with Gasteiger partial charge in [-0.3, -0.25) is 0 Å². The standard InChI is InChI=1S/C20H17F2N3O/c1-12-5-7-14(8-6-12)11-25-20-18(13(2)24-25)15(19(21)22)10-16(23-20)17-4-3-9-26-17/h3-10,19H,11H2,1-2H3. The Morgan fingerprint density at radius 3 is 2.54 bits per heavy atom. The van der Waals surface area contributed by atoms with Gasteiger partial charge in [0.15, 0.2) is 11.4 Å². The van der Waals surface area contributed by atoms with Gasteiger partial charge in [0, 0.05) is 5.56 Å². The molecule has 6 heteroatoms. The highest BCUT2D eigenvalue weighted by Gasteiger charge is 2.21. The molecule has 1 aromatic carbocycles. The van der Waals surface area contributed by atoms with E-state index in [1.807, 2.05) is 31.2 Å². The highest BCUT2D eigenvalue weighted by atomic mass is 19.3. The van der Waals surface area contributed by atoms with Crippen molar-refractivity contribution >= 4 is 11.0 Å². The zero-order valence-electron chi connectivity index (χ0n) is 14.4. The minimum atomic E-state index is -2.62. The smallest absolute Gasteiger partial charge is 0.264 e. The summed E-state index contributed by atoms with van der Waals surface area (Å²) < 4.78 is 34.4. The molecule has 4 nitrogen and oxygen atoms in total. The van der Waals surface area contributed by atoms with Crippen molar-refractivity contribution in [3.05, 3.63) is 71.1 Å². The van der Waals surface area contributed by atoms with E-state index >= 15 is 0 Å². The average Bonchev–Trinajstić information content (AvgIpc) is 3.25. The summed E-state index contributed by atoms with van der Waals surface area (Å²) in [6.45, 7) is 4.21. The quantitative estimate of drug-likeness (QED) is 0.500. The summed E-state index contributed by atoms with van der Waals surface area (Å²) in [5, 5.41) is 4.87. The third-order valence-corrected chi connectivity index (χ3v) is 4.37. The maximum atomic E-state index is 13.7. The van der Waals surface area contributed by atoms with Crippen LogP contribution in [0.1, 0.15) is 28.8 Å². The SMILES string of the molecule is Cc1ccc(Cn2nc(C)c3c(C(F)F)cc(-c4ccco4)nc32)cc1. The Labute approximate surface area is 149 Å². The molecule has 4 aromatic rings. The van der Waals surface area contributed by atoms with E-state index in [-0.39, 0.29) is 5.56 Å². The second-order valence-corrected chi connectivity index (χ2v) is 6.30. The molecular weight excluding hydrogens is 336 g/mol. The second kappa shape index (κ2) is 6.37. The summed E-state index contributed by atoms with van der Waals surface area (Å²) in [7, 11) is 0. The lowest BCUT2D eigenvalue weighted by molar-refractivity contribution is 0.153. The number of furan rings is 1. The number of halogens is 2. The summed E-state index contributed by atoms with van der Waals surface area (Å²) in [5.41, 5.74) is 3.47. The Balaban J connectivity index is 1.89. The summed E-state index contributed by atoms with van der Waals surface area (Å²) in [5.74, 6) is 0.453. The highest BCUT2D eigenvalue weighted by Crippen LogP contribution is 2.33. The van der Waals surface area contributed by atoms with Crippen molar-refractivity contribution < 1.29 is 13.2 Å². The number of nitrogens with zero attached hydrogens (tertiary/aromatic N) is 3. The van der Waals surface area contributed by atoms with E-state index in [1.165, 1.54) is 12.3 Å². The van der Waals surface area contributed by atoms with Crippen LogP contribution in [0.2, 0.25) is 0 Å². The van der Waals surface area contributed by atoms with E-state index in [4.69, 9.17) is 4.42 Å². The summed E-state index contributed by atoms with van der Waals surface area (Å²) in [6.07, 6.45) is -1.12. The Morgan fingerprint density at radius 1 is 1.12 bits per heavy atom. The predicted molar refractivity (Wildman–Crippen MR) is 95.2 cm³/mol. The molecule has 0 spiro atoms. The number of benzene rings is 1. The number of aryl methyl sites for hydroxylation is 2. The predicted octanol–water partition coefficient (Wildman–Crippen LogP) is 5.29. The van der Waals surface area contributed by atoms with Crippen molar-refractivity contribution in [3.63, 3.8) is 0 Å². The molecule has 0 aliphatic carbocycles. The number of rotatable bonds is 4. The molecule has 0 bridgehead atoms. The molecule has 0 unspecified atom stereocenters. The van der Waals surface area contributed by atoms with Crippen molar-refractivity contribution in [1.29, 1.82) is 0 Å². The maximum absolute atomic E-state index is 13.7. The lowest BCUT2D eigenvalue weighted by Gasteiger charge is -2.08. The Hall–Kier alpha value is -3.02. The van der Waals surface area contributed by atoms with Crippen molar-refractivity contribution in [2.75, 3.05) is 0 Å². The monoisotopic (exact) mass is 353 g/mol. The van der Waals surface area contributed by atoms with Crippen LogP contribution in [0, 0.1) is 13.8 Å². The maximum Gasteiger partial charge on any atom is 0.264 e. The largest absolute Gasteiger partial charge is 0.463 e. The van der Waals surface area contributed by atoms with Gasteiger partial charge in [0.1, 0.15) is 5.69 Å². The first-order valence-electron chi connectivity index (χ1n) is 8.28. The first-order valence-corrected chi connectivity index (χ1v) is 8.28. The molecule has 132 valence electrons. The minimum absolute atomic E-state index is 0.0749. The van der Waals surface area contributed by atoms with Crippen molar-refractivity contribution in [3.8, 4) is 11.5 Å². The van der Waals surface area contributed by atoms with Gasteiger partial charge < -0.3 is 4.42 Å². The summed E-state index contributed by atoms with van der Waals surface area (Å²) in [4.78, 5) is 4.57. The van der Waals surface area contributed by atoms with E-state index in [2.05, 4.69) is 10.1 Å². The van der Waals surface area contributed by atoms with Crippen LogP contribution in [0.4, 0.5) is 8.78 Å². The number of hydrogen-bond acceptors (Lipinski definition) is 3. The number of alkyl halides is 2. The molecule has 0 radical (unpaired) electrons. The van der Waals surface area contributed by atoms with Crippen LogP contribution < -0.4 is 0 Å². The lowest BCUT2D eigenvalue weighted by atomic mass is 10.1. The molecule has 0 aliphatic heterocycles. The van der Waals surface area contributed by atoms with Crippen LogP contribution in [0.5, 0.6) is 0 Å². The first-order chi connectivity index (χ1) is 12.5. The van der Waals surface area contributed by atoms with Crippen molar-refractivity contribution in [2.24, 2.45) is 0 Å². The van der Waals surface area contributed by atoms with E-state index < -0.39 is 6.43 Å². The second-order valence-electron chi connectivity index (χ2n) is 6.30. The molecule has 4 rings (SSSR count). The van der Waals surface area contributed by atoms with Gasteiger partial charge in [-0.2, -0.15) is 5.10 Å². The molecule has 3 aromatic heterocycles. The third kappa shape index (κ3) is 2.87. The number of hydrogen-bond donors (Lipinski definition) is 0. The molecule has 0 N–H and O–H groups in total. The molecule has 26 heavy (non-hydrogen) atoms. The highest BCUT2D eigenvalue weighted by molar-refractivity contribution is 5.85. The van der Waals surface area contributed by atoms with Crippen LogP contribution >= 0.6 is 0 Å². The van der Waals surface area contributed by atoms with Crippen LogP contribution in [-0.4, -0.2) is 14.8 Å². The Kier molecular flexibility index (Phi) is 4.03. The molecule has 0 atom stereocenters. The minimum Gasteiger partial charge on any atom is -0.463 e. The van der Waals surface area contributed by atoms with Gasteiger partial charge in [0.2, 0.25) is 0 Å². The Bertz CT molecular complexity index is 1050. The zero-order valence-corrected chi connectivity index (χ0v) is 14.4. The topological polar surface area (TPSA) is 43.9 Å². The van der Waals surface area contributed by atoms with Gasteiger partial charge in [-0.15, -0.1) is 0 Å². The normalized spacial score (nSPS) is 11.6. The van der Waals surface area contributed by atoms with Gasteiger partial charge >= 0.3 is 0 Å². The molecule has 0 amide bonds. The van der Waals surface area contributed by atoms with E-state index in [0.29, 0.717) is 34.7 Å². The first kappa shape index (κ1) is 16.4. The lowest BCUT2D eigenvalue weighted by Crippen LogP contribution is -2.03. The number of pyridine rings is 1. The fraction of sp³-hybridized carbons (Fsp3) is 0.200. The van der Waals surface area contributed by atoms with Crippen LogP contribution in [0.15, 0.2) is 53.1 Å². The molecule has 0 fully saturated rings. The molecule has 0 saturated carbocycles. The van der Waals surface area contributed by atoms with Gasteiger partial charge in [0.25, 0.3) is 6.43 Å². The fourth-order valence-corrected chi connectivity index (χ4v) is 3.09. The Morgan fingerprint density at radius 2 is 1.88 bits per heavy atom. The average molecular weight is 353 g/mol. The van der Waals surface area contributed by atoms with Crippen LogP contribution in [0.3, 0.4) is 0 Å². The molecule has 3 heterocycles. The van der Waals surface area contributed by atoms with Crippen molar-refractivity contribution in [1.82, 2.24) is 14.8 Å². The molecular formula is C20H17F2N3O. The molecule has 0 aliphatic rings. The van der Waals surface area contributed by atoms with Gasteiger partial charge in [0.05, 0.1) is 23.9 Å².